The van der Waals surface area contributed by atoms with E-state index >= 15 is 0 Å². The Bertz CT molecular complexity index is 1330. The fraction of sp³-hybridized carbons (Fsp3) is 0.321. The summed E-state index contributed by atoms with van der Waals surface area (Å²) < 4.78 is 18.7. The number of carboxylic acids is 1. The highest BCUT2D eigenvalue weighted by molar-refractivity contribution is 6.00. The lowest BCUT2D eigenvalue weighted by molar-refractivity contribution is -0.0497. The van der Waals surface area contributed by atoms with Gasteiger partial charge >= 0.3 is 5.97 Å². The maximum atomic E-state index is 11.6. The van der Waals surface area contributed by atoms with Crippen LogP contribution < -0.4 is 9.47 Å². The second-order valence-electron chi connectivity index (χ2n) is 8.74. The molecule has 9 heteroatoms. The third-order valence-corrected chi connectivity index (χ3v) is 6.30. The van der Waals surface area contributed by atoms with Gasteiger partial charge in [-0.15, -0.1) is 0 Å². The Morgan fingerprint density at radius 1 is 1.08 bits per heavy atom. The lowest BCUT2D eigenvalue weighted by Crippen LogP contribution is -2.28. The van der Waals surface area contributed by atoms with Gasteiger partial charge in [-0.05, 0) is 49.1 Å². The van der Waals surface area contributed by atoms with Crippen molar-refractivity contribution in [3.8, 4) is 11.5 Å². The Kier molecular flexibility index (Phi) is 8.37. The molecule has 0 saturated carbocycles. The Balaban J connectivity index is 1.59. The van der Waals surface area contributed by atoms with E-state index in [0.29, 0.717) is 29.2 Å². The minimum Gasteiger partial charge on any atom is -0.496 e. The van der Waals surface area contributed by atoms with E-state index in [1.165, 1.54) is 17.8 Å². The molecule has 0 unspecified atom stereocenters. The summed E-state index contributed by atoms with van der Waals surface area (Å²) in [5.41, 5.74) is 3.42. The number of carbonyl (C=O) groups is 1. The molecule has 194 valence electrons. The highest BCUT2D eigenvalue weighted by Crippen LogP contribution is 2.34. The number of aromatic carboxylic acids is 1. The van der Waals surface area contributed by atoms with Crippen LogP contribution in [0.15, 0.2) is 60.9 Å². The van der Waals surface area contributed by atoms with Crippen molar-refractivity contribution < 1.29 is 29.2 Å². The van der Waals surface area contributed by atoms with Crippen molar-refractivity contribution in [2.45, 2.75) is 38.5 Å². The molecule has 0 saturated heterocycles. The molecule has 0 spiro atoms. The minimum atomic E-state index is -1.08. The average molecular weight is 506 g/mol. The van der Waals surface area contributed by atoms with Gasteiger partial charge in [0.15, 0.2) is 0 Å². The van der Waals surface area contributed by atoms with Crippen molar-refractivity contribution >= 4 is 17.0 Å². The van der Waals surface area contributed by atoms with Gasteiger partial charge in [-0.25, -0.2) is 4.79 Å². The summed E-state index contributed by atoms with van der Waals surface area (Å²) in [5, 5.41) is 25.4. The van der Waals surface area contributed by atoms with E-state index in [1.54, 1.807) is 37.2 Å². The molecule has 37 heavy (non-hydrogen) atoms. The summed E-state index contributed by atoms with van der Waals surface area (Å²) in [4.78, 5) is 15.9. The van der Waals surface area contributed by atoms with Gasteiger partial charge in [0.1, 0.15) is 34.7 Å². The number of hydrogen-bond donors (Lipinski definition) is 2. The van der Waals surface area contributed by atoms with Crippen molar-refractivity contribution in [2.24, 2.45) is 0 Å². The van der Waals surface area contributed by atoms with Gasteiger partial charge in [-0.3, -0.25) is 9.67 Å². The largest absolute Gasteiger partial charge is 0.496 e. The van der Waals surface area contributed by atoms with Crippen LogP contribution in [0, 0.1) is 6.92 Å². The SMILES string of the molecule is COc1cc([C@@H](O)[C@H](Cn2cc3nccc(C(=O)O)c3n2)OCCCc2ccccc2)cc(OC)c1C. The van der Waals surface area contributed by atoms with Crippen molar-refractivity contribution in [1.29, 1.82) is 0 Å². The molecule has 9 nitrogen and oxygen atoms in total. The zero-order valence-corrected chi connectivity index (χ0v) is 21.1. The van der Waals surface area contributed by atoms with E-state index in [-0.39, 0.29) is 17.6 Å². The standard InChI is InChI=1S/C28H31N3O6/c1-18-23(35-2)14-20(15-24(18)36-3)27(32)25(37-13-7-10-19-8-5-4-6-9-19)17-31-16-22-26(30-31)21(28(33)34)11-12-29-22/h4-6,8-9,11-12,14-16,25,27,32H,7,10,13,17H2,1-3H3,(H,33,34)/t25-,27+/m0/s1. The van der Waals surface area contributed by atoms with Gasteiger partial charge < -0.3 is 24.4 Å². The van der Waals surface area contributed by atoms with E-state index in [2.05, 4.69) is 22.2 Å². The summed E-state index contributed by atoms with van der Waals surface area (Å²) in [6.07, 6.45) is 2.99. The summed E-state index contributed by atoms with van der Waals surface area (Å²) in [6.45, 7) is 2.48. The lowest BCUT2D eigenvalue weighted by atomic mass is 10.0. The van der Waals surface area contributed by atoms with Crippen LogP contribution >= 0.6 is 0 Å². The molecule has 0 radical (unpaired) electrons. The third kappa shape index (κ3) is 6.07. The highest BCUT2D eigenvalue weighted by Gasteiger charge is 2.26. The Morgan fingerprint density at radius 2 is 1.78 bits per heavy atom. The van der Waals surface area contributed by atoms with Gasteiger partial charge in [0, 0.05) is 18.4 Å². The van der Waals surface area contributed by atoms with Gasteiger partial charge in [-0.2, -0.15) is 5.10 Å². The van der Waals surface area contributed by atoms with Crippen molar-refractivity contribution in [3.63, 3.8) is 0 Å². The Labute approximate surface area is 215 Å². The van der Waals surface area contributed by atoms with Crippen LogP contribution in [0.5, 0.6) is 11.5 Å². The number of pyridine rings is 1. The summed E-state index contributed by atoms with van der Waals surface area (Å²) in [5.74, 6) is 0.109. The van der Waals surface area contributed by atoms with E-state index in [1.807, 2.05) is 25.1 Å². The van der Waals surface area contributed by atoms with Crippen LogP contribution in [-0.4, -0.2) is 57.9 Å². The summed E-state index contributed by atoms with van der Waals surface area (Å²) in [6, 6.07) is 15.1. The number of aliphatic hydroxyl groups excluding tert-OH is 1. The zero-order chi connectivity index (χ0) is 26.4. The first-order valence-electron chi connectivity index (χ1n) is 12.0. The van der Waals surface area contributed by atoms with Crippen LogP contribution in [0.2, 0.25) is 0 Å². The number of hydrogen-bond acceptors (Lipinski definition) is 7. The molecule has 0 aliphatic rings. The van der Waals surface area contributed by atoms with Crippen molar-refractivity contribution in [2.75, 3.05) is 20.8 Å². The van der Waals surface area contributed by atoms with E-state index < -0.39 is 18.2 Å². The third-order valence-electron chi connectivity index (χ3n) is 6.30. The molecule has 2 N–H and O–H groups in total. The molecule has 4 rings (SSSR count). The van der Waals surface area contributed by atoms with Gasteiger partial charge in [-0.1, -0.05) is 30.3 Å². The fourth-order valence-corrected chi connectivity index (χ4v) is 4.31. The Morgan fingerprint density at radius 3 is 2.43 bits per heavy atom. The first-order chi connectivity index (χ1) is 17.9. The van der Waals surface area contributed by atoms with Crippen LogP contribution in [0.1, 0.15) is 39.6 Å². The van der Waals surface area contributed by atoms with Crippen LogP contribution in [0.25, 0.3) is 11.0 Å². The lowest BCUT2D eigenvalue weighted by Gasteiger charge is -2.25. The van der Waals surface area contributed by atoms with Crippen molar-refractivity contribution in [3.05, 3.63) is 83.2 Å². The van der Waals surface area contributed by atoms with E-state index in [0.717, 1.165) is 18.4 Å². The number of ether oxygens (including phenoxy) is 3. The first-order valence-corrected chi connectivity index (χ1v) is 12.0. The van der Waals surface area contributed by atoms with Gasteiger partial charge in [0.2, 0.25) is 0 Å². The second kappa shape index (κ2) is 11.9. The maximum absolute atomic E-state index is 11.6. The zero-order valence-electron chi connectivity index (χ0n) is 21.1. The van der Waals surface area contributed by atoms with Crippen molar-refractivity contribution in [1.82, 2.24) is 14.8 Å². The van der Waals surface area contributed by atoms with Crippen LogP contribution in [0.4, 0.5) is 0 Å². The molecule has 2 heterocycles. The molecule has 4 aromatic rings. The number of aryl methyl sites for hydroxylation is 1. The number of nitrogens with zero attached hydrogens (tertiary/aromatic N) is 3. The number of carboxylic acid groups (broad SMARTS) is 1. The fourth-order valence-electron chi connectivity index (χ4n) is 4.31. The first kappa shape index (κ1) is 26.1. The molecule has 0 aliphatic carbocycles. The molecular formula is C28H31N3O6. The predicted octanol–water partition coefficient (Wildman–Crippen LogP) is 4.21. The second-order valence-corrected chi connectivity index (χ2v) is 8.74. The smallest absolute Gasteiger partial charge is 0.338 e. The summed E-state index contributed by atoms with van der Waals surface area (Å²) in [7, 11) is 3.13. The molecule has 0 aliphatic heterocycles. The number of methoxy groups -OCH3 is 2. The van der Waals surface area contributed by atoms with Crippen LogP contribution in [0.3, 0.4) is 0 Å². The number of fused-ring (bicyclic) bond motifs is 1. The quantitative estimate of drug-likeness (QED) is 0.275. The number of aliphatic hydroxyl groups is 1. The van der Waals surface area contributed by atoms with Gasteiger partial charge in [0.25, 0.3) is 0 Å². The highest BCUT2D eigenvalue weighted by atomic mass is 16.5. The minimum absolute atomic E-state index is 0.0673. The Hall–Kier alpha value is -3.95. The summed E-state index contributed by atoms with van der Waals surface area (Å²) >= 11 is 0. The van der Waals surface area contributed by atoms with Gasteiger partial charge in [0.05, 0.1) is 32.5 Å². The predicted molar refractivity (Wildman–Crippen MR) is 138 cm³/mol. The maximum Gasteiger partial charge on any atom is 0.338 e. The number of rotatable bonds is 12. The van der Waals surface area contributed by atoms with E-state index in [4.69, 9.17) is 14.2 Å². The topological polar surface area (TPSA) is 116 Å². The normalized spacial score (nSPS) is 12.9. The molecule has 2 aromatic carbocycles. The molecule has 0 amide bonds. The molecular weight excluding hydrogens is 474 g/mol. The number of benzene rings is 2. The average Bonchev–Trinajstić information content (AvgIpc) is 3.33. The van der Waals surface area contributed by atoms with E-state index in [9.17, 15) is 15.0 Å². The monoisotopic (exact) mass is 505 g/mol. The molecule has 2 atom stereocenters. The molecule has 0 fully saturated rings. The molecule has 0 bridgehead atoms. The number of aromatic nitrogens is 3. The van der Waals surface area contributed by atoms with Crippen LogP contribution in [-0.2, 0) is 17.7 Å². The molecule has 2 aromatic heterocycles.